The van der Waals surface area contributed by atoms with Crippen LogP contribution >= 0.6 is 15.9 Å². The van der Waals surface area contributed by atoms with E-state index in [1.54, 1.807) is 19.2 Å². The molecule has 2 aromatic carbocycles. The van der Waals surface area contributed by atoms with Crippen LogP contribution < -0.4 is 9.47 Å². The first-order chi connectivity index (χ1) is 9.11. The molecule has 0 bridgehead atoms. The van der Waals surface area contributed by atoms with Crippen LogP contribution in [0.1, 0.15) is 11.1 Å². The Hall–Kier alpha value is -1.68. The Labute approximate surface area is 120 Å². The molecule has 3 nitrogen and oxygen atoms in total. The predicted molar refractivity (Wildman–Crippen MR) is 77.9 cm³/mol. The van der Waals surface area contributed by atoms with Crippen molar-refractivity contribution in [3.05, 3.63) is 52.0 Å². The third kappa shape index (κ3) is 3.20. The molecule has 0 radical (unpaired) electrons. The van der Waals surface area contributed by atoms with Crippen LogP contribution in [0.25, 0.3) is 0 Å². The van der Waals surface area contributed by atoms with Gasteiger partial charge in [0.25, 0.3) is 0 Å². The summed E-state index contributed by atoms with van der Waals surface area (Å²) < 4.78 is 11.8. The van der Waals surface area contributed by atoms with Crippen LogP contribution in [0, 0.1) is 6.92 Å². The lowest BCUT2D eigenvalue weighted by Crippen LogP contribution is -1.97. The summed E-state index contributed by atoms with van der Waals surface area (Å²) in [6, 6.07) is 11.0. The molecule has 0 unspecified atom stereocenters. The van der Waals surface area contributed by atoms with E-state index in [0.717, 1.165) is 21.3 Å². The number of phenolic OH excluding ortho intramolecular Hbond substituents is 1. The number of halogens is 1. The topological polar surface area (TPSA) is 38.7 Å². The summed E-state index contributed by atoms with van der Waals surface area (Å²) >= 11 is 3.44. The van der Waals surface area contributed by atoms with Crippen molar-refractivity contribution in [1.82, 2.24) is 0 Å². The van der Waals surface area contributed by atoms with E-state index in [2.05, 4.69) is 15.9 Å². The molecule has 0 heterocycles. The minimum atomic E-state index is 0.244. The summed E-state index contributed by atoms with van der Waals surface area (Å²) in [7, 11) is 1.63. The van der Waals surface area contributed by atoms with E-state index in [1.807, 2.05) is 31.2 Å². The maximum absolute atomic E-state index is 9.61. The van der Waals surface area contributed by atoms with Crippen molar-refractivity contribution in [2.45, 2.75) is 13.5 Å². The lowest BCUT2D eigenvalue weighted by Gasteiger charge is -2.11. The standard InChI is InChI=1S/C15H15BrO3/c1-10-13(17)4-3-5-14(10)19-9-11-6-7-15(18-2)12(16)8-11/h3-8,17H,9H2,1-2H3. The number of hydrogen-bond acceptors (Lipinski definition) is 3. The van der Waals surface area contributed by atoms with E-state index in [-0.39, 0.29) is 5.75 Å². The third-order valence-corrected chi connectivity index (χ3v) is 3.49. The van der Waals surface area contributed by atoms with Crippen molar-refractivity contribution in [1.29, 1.82) is 0 Å². The molecule has 2 rings (SSSR count). The Balaban J connectivity index is 2.10. The molecule has 4 heteroatoms. The van der Waals surface area contributed by atoms with Crippen LogP contribution in [0.2, 0.25) is 0 Å². The van der Waals surface area contributed by atoms with Gasteiger partial charge in [-0.1, -0.05) is 12.1 Å². The van der Waals surface area contributed by atoms with Gasteiger partial charge in [0.2, 0.25) is 0 Å². The average molecular weight is 323 g/mol. The summed E-state index contributed by atoms with van der Waals surface area (Å²) in [6.07, 6.45) is 0. The molecule has 0 aromatic heterocycles. The van der Waals surface area contributed by atoms with Gasteiger partial charge in [0.15, 0.2) is 0 Å². The molecule has 0 fully saturated rings. The van der Waals surface area contributed by atoms with Gasteiger partial charge in [-0.2, -0.15) is 0 Å². The maximum atomic E-state index is 9.61. The molecule has 2 aromatic rings. The number of hydrogen-bond donors (Lipinski definition) is 1. The van der Waals surface area contributed by atoms with Crippen LogP contribution in [0.3, 0.4) is 0 Å². The monoisotopic (exact) mass is 322 g/mol. The molecular weight excluding hydrogens is 308 g/mol. The number of ether oxygens (including phenoxy) is 2. The Morgan fingerprint density at radius 1 is 1.16 bits per heavy atom. The highest BCUT2D eigenvalue weighted by molar-refractivity contribution is 9.10. The second-order valence-electron chi connectivity index (χ2n) is 4.16. The van der Waals surface area contributed by atoms with Crippen LogP contribution in [-0.4, -0.2) is 12.2 Å². The minimum Gasteiger partial charge on any atom is -0.508 e. The Kier molecular flexibility index (Phi) is 4.32. The van der Waals surface area contributed by atoms with Gasteiger partial charge in [0.05, 0.1) is 11.6 Å². The smallest absolute Gasteiger partial charge is 0.133 e. The molecule has 0 spiro atoms. The van der Waals surface area contributed by atoms with E-state index < -0.39 is 0 Å². The van der Waals surface area contributed by atoms with E-state index in [0.29, 0.717) is 12.4 Å². The van der Waals surface area contributed by atoms with Gasteiger partial charge in [-0.05, 0) is 52.7 Å². The fourth-order valence-corrected chi connectivity index (χ4v) is 2.31. The van der Waals surface area contributed by atoms with Gasteiger partial charge < -0.3 is 14.6 Å². The fourth-order valence-electron chi connectivity index (χ4n) is 1.72. The minimum absolute atomic E-state index is 0.244. The highest BCUT2D eigenvalue weighted by atomic mass is 79.9. The highest BCUT2D eigenvalue weighted by Crippen LogP contribution is 2.28. The van der Waals surface area contributed by atoms with Crippen LogP contribution in [-0.2, 0) is 6.61 Å². The number of benzene rings is 2. The van der Waals surface area contributed by atoms with Crippen LogP contribution in [0.15, 0.2) is 40.9 Å². The molecule has 1 N–H and O–H groups in total. The van der Waals surface area contributed by atoms with Crippen molar-refractivity contribution in [2.75, 3.05) is 7.11 Å². The Bertz CT molecular complexity index is 582. The zero-order valence-electron chi connectivity index (χ0n) is 10.8. The SMILES string of the molecule is COc1ccc(COc2cccc(O)c2C)cc1Br. The maximum Gasteiger partial charge on any atom is 0.133 e. The molecule has 0 aliphatic heterocycles. The molecular formula is C15H15BrO3. The first kappa shape index (κ1) is 13.7. The molecule has 0 aliphatic carbocycles. The first-order valence-electron chi connectivity index (χ1n) is 5.85. The van der Waals surface area contributed by atoms with Crippen LogP contribution in [0.4, 0.5) is 0 Å². The molecule has 0 amide bonds. The fraction of sp³-hybridized carbons (Fsp3) is 0.200. The molecule has 100 valence electrons. The summed E-state index contributed by atoms with van der Waals surface area (Å²) in [5, 5.41) is 9.61. The van der Waals surface area contributed by atoms with E-state index in [4.69, 9.17) is 9.47 Å². The number of methoxy groups -OCH3 is 1. The van der Waals surface area contributed by atoms with Crippen LogP contribution in [0.5, 0.6) is 17.2 Å². The van der Waals surface area contributed by atoms with E-state index >= 15 is 0 Å². The quantitative estimate of drug-likeness (QED) is 0.922. The van der Waals surface area contributed by atoms with E-state index in [9.17, 15) is 5.11 Å². The zero-order valence-corrected chi connectivity index (χ0v) is 12.4. The second kappa shape index (κ2) is 5.97. The normalized spacial score (nSPS) is 10.3. The van der Waals surface area contributed by atoms with Crippen molar-refractivity contribution >= 4 is 15.9 Å². The summed E-state index contributed by atoms with van der Waals surface area (Å²) in [5.74, 6) is 1.72. The average Bonchev–Trinajstić information content (AvgIpc) is 2.40. The summed E-state index contributed by atoms with van der Waals surface area (Å²) in [5.41, 5.74) is 1.77. The van der Waals surface area contributed by atoms with Crippen molar-refractivity contribution < 1.29 is 14.6 Å². The van der Waals surface area contributed by atoms with Crippen molar-refractivity contribution in [3.63, 3.8) is 0 Å². The highest BCUT2D eigenvalue weighted by Gasteiger charge is 2.05. The molecule has 0 atom stereocenters. The lowest BCUT2D eigenvalue weighted by atomic mass is 10.2. The molecule has 0 saturated heterocycles. The second-order valence-corrected chi connectivity index (χ2v) is 5.01. The van der Waals surface area contributed by atoms with Gasteiger partial charge in [-0.3, -0.25) is 0 Å². The predicted octanol–water partition coefficient (Wildman–Crippen LogP) is 4.05. The van der Waals surface area contributed by atoms with E-state index in [1.165, 1.54) is 0 Å². The molecule has 19 heavy (non-hydrogen) atoms. The number of aromatic hydroxyl groups is 1. The first-order valence-corrected chi connectivity index (χ1v) is 6.65. The summed E-state index contributed by atoms with van der Waals surface area (Å²) in [4.78, 5) is 0. The largest absolute Gasteiger partial charge is 0.508 e. The van der Waals surface area contributed by atoms with Gasteiger partial charge in [-0.25, -0.2) is 0 Å². The van der Waals surface area contributed by atoms with Gasteiger partial charge >= 0.3 is 0 Å². The summed E-state index contributed by atoms with van der Waals surface area (Å²) in [6.45, 7) is 2.27. The van der Waals surface area contributed by atoms with Crippen molar-refractivity contribution in [3.8, 4) is 17.2 Å². The third-order valence-electron chi connectivity index (χ3n) is 2.87. The number of phenols is 1. The van der Waals surface area contributed by atoms with Gasteiger partial charge in [0, 0.05) is 5.56 Å². The van der Waals surface area contributed by atoms with Gasteiger partial charge in [-0.15, -0.1) is 0 Å². The number of rotatable bonds is 4. The Morgan fingerprint density at radius 3 is 2.63 bits per heavy atom. The van der Waals surface area contributed by atoms with Gasteiger partial charge in [0.1, 0.15) is 23.9 Å². The van der Waals surface area contributed by atoms with Crippen molar-refractivity contribution in [2.24, 2.45) is 0 Å². The zero-order chi connectivity index (χ0) is 13.8. The Morgan fingerprint density at radius 2 is 1.95 bits per heavy atom. The molecule has 0 aliphatic rings. The molecule has 0 saturated carbocycles. The lowest BCUT2D eigenvalue weighted by molar-refractivity contribution is 0.301.